The van der Waals surface area contributed by atoms with E-state index in [1.54, 1.807) is 17.0 Å². The van der Waals surface area contributed by atoms with Crippen molar-refractivity contribution in [1.29, 1.82) is 0 Å². The molecule has 8 heteroatoms. The fourth-order valence-corrected chi connectivity index (χ4v) is 3.59. The largest absolute Gasteiger partial charge is 0.455 e. The number of hydrogen-bond acceptors (Lipinski definition) is 6. The molecule has 3 rings (SSSR count). The summed E-state index contributed by atoms with van der Waals surface area (Å²) < 4.78 is 10.9. The summed E-state index contributed by atoms with van der Waals surface area (Å²) in [6.07, 6.45) is -0.0447. The van der Waals surface area contributed by atoms with Crippen molar-refractivity contribution >= 4 is 45.8 Å². The highest BCUT2D eigenvalue weighted by Gasteiger charge is 2.17. The minimum atomic E-state index is -0.521. The highest BCUT2D eigenvalue weighted by molar-refractivity contribution is 7.16. The molecule has 0 spiro atoms. The smallest absolute Gasteiger partial charge is 0.312 e. The SMILES string of the molecule is CCN(Cc1ccc(Cl)s1)C(=O)COC(=O)Cc1noc2ccccc12. The first-order valence-electron chi connectivity index (χ1n) is 8.07. The van der Waals surface area contributed by atoms with Crippen LogP contribution in [0.3, 0.4) is 0 Å². The number of thiophene rings is 1. The van der Waals surface area contributed by atoms with Gasteiger partial charge in [0.15, 0.2) is 12.2 Å². The van der Waals surface area contributed by atoms with Gasteiger partial charge in [0.25, 0.3) is 5.91 Å². The van der Waals surface area contributed by atoms with Gasteiger partial charge in [-0.2, -0.15) is 0 Å². The predicted octanol–water partition coefficient (Wildman–Crippen LogP) is 3.68. The van der Waals surface area contributed by atoms with E-state index in [9.17, 15) is 9.59 Å². The zero-order chi connectivity index (χ0) is 18.5. The van der Waals surface area contributed by atoms with Gasteiger partial charge in [-0.3, -0.25) is 9.59 Å². The Morgan fingerprint density at radius 3 is 2.81 bits per heavy atom. The first-order chi connectivity index (χ1) is 12.6. The van der Waals surface area contributed by atoms with Crippen LogP contribution in [0.4, 0.5) is 0 Å². The highest BCUT2D eigenvalue weighted by Crippen LogP contribution is 2.23. The maximum absolute atomic E-state index is 12.3. The van der Waals surface area contributed by atoms with Crippen LogP contribution in [0.15, 0.2) is 40.9 Å². The first kappa shape index (κ1) is 18.4. The van der Waals surface area contributed by atoms with Gasteiger partial charge in [0.1, 0.15) is 5.69 Å². The molecular weight excluding hydrogens is 376 g/mol. The zero-order valence-electron chi connectivity index (χ0n) is 14.1. The molecule has 1 amide bonds. The molecule has 0 saturated carbocycles. The van der Waals surface area contributed by atoms with E-state index < -0.39 is 5.97 Å². The Morgan fingerprint density at radius 1 is 1.27 bits per heavy atom. The van der Waals surface area contributed by atoms with E-state index in [4.69, 9.17) is 20.9 Å². The third-order valence-electron chi connectivity index (χ3n) is 3.83. The van der Waals surface area contributed by atoms with Crippen molar-refractivity contribution in [1.82, 2.24) is 10.1 Å². The van der Waals surface area contributed by atoms with Gasteiger partial charge in [-0.15, -0.1) is 11.3 Å². The summed E-state index contributed by atoms with van der Waals surface area (Å²) in [5.74, 6) is -0.775. The van der Waals surface area contributed by atoms with Gasteiger partial charge in [-0.1, -0.05) is 28.9 Å². The van der Waals surface area contributed by atoms with Crippen molar-refractivity contribution in [2.45, 2.75) is 19.9 Å². The van der Waals surface area contributed by atoms with Crippen LogP contribution in [-0.4, -0.2) is 35.1 Å². The van der Waals surface area contributed by atoms with Crippen LogP contribution in [0.25, 0.3) is 11.0 Å². The van der Waals surface area contributed by atoms with Crippen LogP contribution in [0.2, 0.25) is 4.34 Å². The molecule has 0 N–H and O–H groups in total. The lowest BCUT2D eigenvalue weighted by Crippen LogP contribution is -2.34. The van der Waals surface area contributed by atoms with Crippen molar-refractivity contribution < 1.29 is 18.8 Å². The van der Waals surface area contributed by atoms with Gasteiger partial charge in [-0.05, 0) is 31.2 Å². The second-order valence-corrected chi connectivity index (χ2v) is 7.38. The molecule has 1 aromatic carbocycles. The monoisotopic (exact) mass is 392 g/mol. The summed E-state index contributed by atoms with van der Waals surface area (Å²) in [7, 11) is 0. The summed E-state index contributed by atoms with van der Waals surface area (Å²) in [5.41, 5.74) is 1.11. The molecule has 2 aromatic heterocycles. The van der Waals surface area contributed by atoms with Crippen molar-refractivity contribution in [2.75, 3.05) is 13.2 Å². The van der Waals surface area contributed by atoms with Gasteiger partial charge in [0, 0.05) is 16.8 Å². The summed E-state index contributed by atoms with van der Waals surface area (Å²) >= 11 is 7.33. The predicted molar refractivity (Wildman–Crippen MR) is 99.1 cm³/mol. The number of para-hydroxylation sites is 1. The Balaban J connectivity index is 1.53. The molecule has 136 valence electrons. The number of amides is 1. The van der Waals surface area contributed by atoms with Crippen molar-refractivity contribution in [2.24, 2.45) is 0 Å². The Kier molecular flexibility index (Phi) is 5.90. The summed E-state index contributed by atoms with van der Waals surface area (Å²) in [5, 5.41) is 4.65. The molecule has 3 aromatic rings. The van der Waals surface area contributed by atoms with Gasteiger partial charge >= 0.3 is 5.97 Å². The number of likely N-dealkylation sites (N-methyl/N-ethyl adjacent to an activating group) is 1. The van der Waals surface area contributed by atoms with E-state index in [-0.39, 0.29) is 18.9 Å². The van der Waals surface area contributed by atoms with Crippen LogP contribution >= 0.6 is 22.9 Å². The van der Waals surface area contributed by atoms with Crippen LogP contribution in [0.1, 0.15) is 17.5 Å². The number of esters is 1. The summed E-state index contributed by atoms with van der Waals surface area (Å²) in [4.78, 5) is 26.9. The van der Waals surface area contributed by atoms with E-state index in [1.807, 2.05) is 31.2 Å². The number of ether oxygens (including phenoxy) is 1. The van der Waals surface area contributed by atoms with Crippen LogP contribution < -0.4 is 0 Å². The van der Waals surface area contributed by atoms with E-state index in [2.05, 4.69) is 5.16 Å². The summed E-state index contributed by atoms with van der Waals surface area (Å²) in [6.45, 7) is 2.52. The molecule has 26 heavy (non-hydrogen) atoms. The molecule has 0 fully saturated rings. The highest BCUT2D eigenvalue weighted by atomic mass is 35.5. The number of benzene rings is 1. The fraction of sp³-hybridized carbons (Fsp3) is 0.278. The second kappa shape index (κ2) is 8.33. The molecule has 0 radical (unpaired) electrons. The molecular formula is C18H17ClN2O4S. The van der Waals surface area contributed by atoms with E-state index in [1.165, 1.54) is 11.3 Å². The van der Waals surface area contributed by atoms with Gasteiger partial charge in [0.05, 0.1) is 17.3 Å². The second-order valence-electron chi connectivity index (χ2n) is 5.58. The van der Waals surface area contributed by atoms with Crippen molar-refractivity contribution in [3.63, 3.8) is 0 Å². The third-order valence-corrected chi connectivity index (χ3v) is 5.05. The number of aromatic nitrogens is 1. The van der Waals surface area contributed by atoms with Gasteiger partial charge in [0.2, 0.25) is 0 Å². The van der Waals surface area contributed by atoms with Crippen LogP contribution in [0.5, 0.6) is 0 Å². The molecule has 0 aliphatic heterocycles. The third kappa shape index (κ3) is 4.42. The molecule has 0 aliphatic carbocycles. The minimum Gasteiger partial charge on any atom is -0.455 e. The van der Waals surface area contributed by atoms with Crippen LogP contribution in [0, 0.1) is 0 Å². The normalized spacial score (nSPS) is 10.8. The molecule has 0 bridgehead atoms. The number of hydrogen-bond donors (Lipinski definition) is 0. The van der Waals surface area contributed by atoms with Crippen molar-refractivity contribution in [3.8, 4) is 0 Å². The lowest BCUT2D eigenvalue weighted by Gasteiger charge is -2.19. The standard InChI is InChI=1S/C18H17ClN2O4S/c1-2-21(10-12-7-8-16(19)26-12)17(22)11-24-18(23)9-14-13-5-3-4-6-15(13)25-20-14/h3-8H,2,9-11H2,1H3. The lowest BCUT2D eigenvalue weighted by atomic mass is 10.2. The molecule has 0 atom stereocenters. The quantitative estimate of drug-likeness (QED) is 0.573. The summed E-state index contributed by atoms with van der Waals surface area (Å²) in [6, 6.07) is 10.9. The molecule has 0 saturated heterocycles. The van der Waals surface area contributed by atoms with Crippen molar-refractivity contribution in [3.05, 3.63) is 51.3 Å². The molecule has 6 nitrogen and oxygen atoms in total. The first-order valence-corrected chi connectivity index (χ1v) is 9.27. The Hall–Kier alpha value is -2.38. The van der Waals surface area contributed by atoms with E-state index >= 15 is 0 Å². The Bertz CT molecular complexity index is 921. The number of carbonyl (C=O) groups excluding carboxylic acids is 2. The zero-order valence-corrected chi connectivity index (χ0v) is 15.7. The van der Waals surface area contributed by atoms with Crippen LogP contribution in [-0.2, 0) is 27.3 Å². The van der Waals surface area contributed by atoms with Gasteiger partial charge in [-0.25, -0.2) is 0 Å². The average molecular weight is 393 g/mol. The average Bonchev–Trinajstić information content (AvgIpc) is 3.24. The Labute approximate surface area is 159 Å². The maximum Gasteiger partial charge on any atom is 0.312 e. The van der Waals surface area contributed by atoms with E-state index in [0.29, 0.717) is 28.7 Å². The lowest BCUT2D eigenvalue weighted by molar-refractivity contribution is -0.151. The molecule has 0 unspecified atom stereocenters. The fourth-order valence-electron chi connectivity index (χ4n) is 2.49. The number of halogens is 1. The number of carbonyl (C=O) groups is 2. The Morgan fingerprint density at radius 2 is 2.08 bits per heavy atom. The number of fused-ring (bicyclic) bond motifs is 1. The maximum atomic E-state index is 12.3. The van der Waals surface area contributed by atoms with Gasteiger partial charge < -0.3 is 14.2 Å². The topological polar surface area (TPSA) is 72.6 Å². The number of nitrogens with zero attached hydrogens (tertiary/aromatic N) is 2. The molecule has 0 aliphatic rings. The van der Waals surface area contributed by atoms with E-state index in [0.717, 1.165) is 10.3 Å². The number of rotatable bonds is 7. The minimum absolute atomic E-state index is 0.0447. The molecule has 2 heterocycles.